The number of aliphatic hydroxyl groups is 1. The Kier molecular flexibility index (Phi) is 5.81. The zero-order valence-electron chi connectivity index (χ0n) is 19.6. The molecule has 0 amide bonds. The number of aromatic nitrogens is 3. The van der Waals surface area contributed by atoms with Crippen molar-refractivity contribution >= 4 is 10.0 Å². The van der Waals surface area contributed by atoms with E-state index in [-0.39, 0.29) is 36.6 Å². The number of H-pyrrole nitrogens is 1. The molecule has 1 saturated carbocycles. The predicted molar refractivity (Wildman–Crippen MR) is 126 cm³/mol. The van der Waals surface area contributed by atoms with Gasteiger partial charge in [0.2, 0.25) is 10.0 Å². The van der Waals surface area contributed by atoms with Gasteiger partial charge >= 0.3 is 0 Å². The molecule has 2 N–H and O–H groups in total. The number of aromatic amines is 1. The SMILES string of the molecule is C[C@H]1CC[C@H](c2ccccc2)S(=O)(=O)N1Cc1cc(F)c(C2(c3ncn[nH]3)CC(C)(O)C2)cc1F. The maximum atomic E-state index is 15.5. The number of rotatable bonds is 5. The molecule has 7 nitrogen and oxygen atoms in total. The van der Waals surface area contributed by atoms with Crippen LogP contribution in [0.5, 0.6) is 0 Å². The summed E-state index contributed by atoms with van der Waals surface area (Å²) in [6, 6.07) is 10.8. The molecule has 0 radical (unpaired) electrons. The normalized spacial score (nSPS) is 30.7. The first-order valence-corrected chi connectivity index (χ1v) is 13.2. The maximum Gasteiger partial charge on any atom is 0.221 e. The minimum Gasteiger partial charge on any atom is -0.390 e. The second-order valence-electron chi connectivity index (χ2n) is 10.1. The molecule has 10 heteroatoms. The minimum atomic E-state index is -3.79. The Morgan fingerprint density at radius 3 is 2.49 bits per heavy atom. The van der Waals surface area contributed by atoms with Crippen LogP contribution < -0.4 is 0 Å². The van der Waals surface area contributed by atoms with Crippen molar-refractivity contribution in [2.45, 2.75) is 68.4 Å². The van der Waals surface area contributed by atoms with Crippen LogP contribution in [0.15, 0.2) is 48.8 Å². The summed E-state index contributed by atoms with van der Waals surface area (Å²) >= 11 is 0. The molecule has 5 rings (SSSR count). The molecule has 2 aromatic carbocycles. The van der Waals surface area contributed by atoms with E-state index >= 15 is 8.78 Å². The topological polar surface area (TPSA) is 99.2 Å². The third-order valence-electron chi connectivity index (χ3n) is 7.41. The molecule has 1 aliphatic heterocycles. The molecule has 1 aromatic heterocycles. The lowest BCUT2D eigenvalue weighted by Gasteiger charge is -2.50. The number of benzene rings is 2. The molecule has 1 saturated heterocycles. The van der Waals surface area contributed by atoms with E-state index in [2.05, 4.69) is 15.2 Å². The van der Waals surface area contributed by atoms with Gasteiger partial charge in [-0.25, -0.2) is 22.2 Å². The highest BCUT2D eigenvalue weighted by atomic mass is 32.2. The van der Waals surface area contributed by atoms with Gasteiger partial charge in [0.1, 0.15) is 29.0 Å². The largest absolute Gasteiger partial charge is 0.390 e. The molecule has 2 heterocycles. The lowest BCUT2D eigenvalue weighted by Crippen LogP contribution is -2.54. The van der Waals surface area contributed by atoms with Gasteiger partial charge in [-0.2, -0.15) is 9.40 Å². The number of hydrogen-bond acceptors (Lipinski definition) is 5. The summed E-state index contributed by atoms with van der Waals surface area (Å²) in [4.78, 5) is 4.15. The van der Waals surface area contributed by atoms with Crippen molar-refractivity contribution in [1.82, 2.24) is 19.5 Å². The zero-order valence-corrected chi connectivity index (χ0v) is 20.4. The molecule has 2 atom stereocenters. The van der Waals surface area contributed by atoms with E-state index in [1.807, 2.05) is 6.07 Å². The van der Waals surface area contributed by atoms with Crippen LogP contribution in [0, 0.1) is 11.6 Å². The van der Waals surface area contributed by atoms with Gasteiger partial charge in [-0.3, -0.25) is 5.10 Å². The van der Waals surface area contributed by atoms with E-state index in [4.69, 9.17) is 0 Å². The fraction of sp³-hybridized carbons (Fsp3) is 0.440. The summed E-state index contributed by atoms with van der Waals surface area (Å²) < 4.78 is 59.2. The average molecular weight is 503 g/mol. The Morgan fingerprint density at radius 1 is 1.14 bits per heavy atom. The van der Waals surface area contributed by atoms with Crippen molar-refractivity contribution in [3.05, 3.63) is 82.9 Å². The van der Waals surface area contributed by atoms with Crippen LogP contribution in [0.2, 0.25) is 0 Å². The molecule has 2 fully saturated rings. The highest BCUT2D eigenvalue weighted by Gasteiger charge is 2.56. The standard InChI is InChI=1S/C25H28F2N4O3S/c1-16-8-9-22(17-6-4-3-5-7-17)35(33,34)31(16)12-18-10-21(27)19(11-20(18)26)25(13-24(2,32)14-25)23-28-15-29-30-23/h3-7,10-11,15-16,22,32H,8-9,12-14H2,1-2H3,(H,28,29,30)/t16-,22+,24?,25?/m0/s1. The first-order chi connectivity index (χ1) is 16.5. The highest BCUT2D eigenvalue weighted by molar-refractivity contribution is 7.89. The van der Waals surface area contributed by atoms with Gasteiger partial charge in [0.25, 0.3) is 0 Å². The summed E-state index contributed by atoms with van der Waals surface area (Å²) in [5, 5.41) is 16.2. The predicted octanol–water partition coefficient (Wildman–Crippen LogP) is 3.97. The second-order valence-corrected chi connectivity index (χ2v) is 12.2. The summed E-state index contributed by atoms with van der Waals surface area (Å²) in [6.07, 6.45) is 2.69. The van der Waals surface area contributed by atoms with Gasteiger partial charge in [-0.1, -0.05) is 30.3 Å². The van der Waals surface area contributed by atoms with Gasteiger partial charge in [0, 0.05) is 23.7 Å². The number of hydrogen-bond donors (Lipinski definition) is 2. The van der Waals surface area contributed by atoms with Gasteiger partial charge in [0.05, 0.1) is 11.0 Å². The van der Waals surface area contributed by atoms with Crippen LogP contribution in [0.25, 0.3) is 0 Å². The summed E-state index contributed by atoms with van der Waals surface area (Å²) in [5.74, 6) is -1.01. The Hall–Kier alpha value is -2.69. The molecule has 0 spiro atoms. The quantitative estimate of drug-likeness (QED) is 0.550. The molecule has 2 aliphatic rings. The van der Waals surface area contributed by atoms with E-state index in [0.29, 0.717) is 24.2 Å². The van der Waals surface area contributed by atoms with Crippen LogP contribution >= 0.6 is 0 Å². The van der Waals surface area contributed by atoms with E-state index < -0.39 is 37.9 Å². The van der Waals surface area contributed by atoms with Crippen molar-refractivity contribution in [3.8, 4) is 0 Å². The Labute approximate surface area is 203 Å². The van der Waals surface area contributed by atoms with Gasteiger partial charge in [0.15, 0.2) is 0 Å². The van der Waals surface area contributed by atoms with Crippen molar-refractivity contribution in [2.75, 3.05) is 0 Å². The second kappa shape index (κ2) is 8.46. The molecule has 0 unspecified atom stereocenters. The van der Waals surface area contributed by atoms with Crippen molar-refractivity contribution in [3.63, 3.8) is 0 Å². The van der Waals surface area contributed by atoms with Crippen LogP contribution in [0.4, 0.5) is 8.78 Å². The third kappa shape index (κ3) is 4.07. The van der Waals surface area contributed by atoms with Crippen molar-refractivity contribution in [2.24, 2.45) is 0 Å². The van der Waals surface area contributed by atoms with Gasteiger partial charge in [-0.05, 0) is 57.2 Å². The van der Waals surface area contributed by atoms with E-state index in [1.54, 1.807) is 38.1 Å². The average Bonchev–Trinajstić information content (AvgIpc) is 3.32. The first-order valence-electron chi connectivity index (χ1n) is 11.7. The molecular formula is C25H28F2N4O3S. The smallest absolute Gasteiger partial charge is 0.221 e. The number of nitrogens with one attached hydrogen (secondary N) is 1. The number of halogens is 2. The first kappa shape index (κ1) is 24.0. The molecule has 3 aromatic rings. The zero-order chi connectivity index (χ0) is 25.0. The fourth-order valence-electron chi connectivity index (χ4n) is 5.77. The van der Waals surface area contributed by atoms with E-state index in [9.17, 15) is 13.5 Å². The lowest BCUT2D eigenvalue weighted by molar-refractivity contribution is -0.0648. The molecule has 35 heavy (non-hydrogen) atoms. The third-order valence-corrected chi connectivity index (χ3v) is 9.78. The molecule has 186 valence electrons. The van der Waals surface area contributed by atoms with Crippen molar-refractivity contribution in [1.29, 1.82) is 0 Å². The Balaban J connectivity index is 1.48. The van der Waals surface area contributed by atoms with Crippen LogP contribution in [-0.2, 0) is 22.0 Å². The van der Waals surface area contributed by atoms with Crippen LogP contribution in [0.3, 0.4) is 0 Å². The van der Waals surface area contributed by atoms with Crippen LogP contribution in [-0.4, -0.2) is 44.7 Å². The van der Waals surface area contributed by atoms with Crippen molar-refractivity contribution < 1.29 is 22.3 Å². The van der Waals surface area contributed by atoms with E-state index in [1.165, 1.54) is 10.6 Å². The Morgan fingerprint density at radius 2 is 1.86 bits per heavy atom. The minimum absolute atomic E-state index is 0.0332. The molecule has 0 bridgehead atoms. The van der Waals surface area contributed by atoms with Gasteiger partial charge in [-0.15, -0.1) is 0 Å². The number of sulfonamides is 1. The monoisotopic (exact) mass is 502 g/mol. The molecule has 1 aliphatic carbocycles. The summed E-state index contributed by atoms with van der Waals surface area (Å²) in [6.45, 7) is 3.16. The number of nitrogens with zero attached hydrogens (tertiary/aromatic N) is 3. The van der Waals surface area contributed by atoms with Gasteiger partial charge < -0.3 is 5.11 Å². The lowest BCUT2D eigenvalue weighted by atomic mass is 9.56. The summed E-state index contributed by atoms with van der Waals surface area (Å²) in [5.41, 5.74) is -1.35. The van der Waals surface area contributed by atoms with Crippen LogP contribution in [0.1, 0.15) is 67.3 Å². The fourth-order valence-corrected chi connectivity index (χ4v) is 7.95. The highest BCUT2D eigenvalue weighted by Crippen LogP contribution is 2.54. The summed E-state index contributed by atoms with van der Waals surface area (Å²) in [7, 11) is -3.79. The Bertz CT molecular complexity index is 1320. The molecular weight excluding hydrogens is 474 g/mol. The maximum absolute atomic E-state index is 15.5. The van der Waals surface area contributed by atoms with E-state index in [0.717, 1.165) is 12.1 Å².